The van der Waals surface area contributed by atoms with Crippen molar-refractivity contribution in [2.24, 2.45) is 0 Å². The molecule has 0 unspecified atom stereocenters. The number of hydrogen-bond donors (Lipinski definition) is 1. The SMILES string of the molecule is Cc1cccnc1C[C@@H](C)N(C)C(=O)c1ccc([C@H]2CCCN2)s1. The van der Waals surface area contributed by atoms with E-state index in [-0.39, 0.29) is 11.9 Å². The monoisotopic (exact) mass is 343 g/mol. The maximum absolute atomic E-state index is 12.8. The number of aromatic nitrogens is 1. The largest absolute Gasteiger partial charge is 0.338 e. The van der Waals surface area contributed by atoms with Crippen LogP contribution in [0.3, 0.4) is 0 Å². The molecule has 1 amide bonds. The van der Waals surface area contributed by atoms with Gasteiger partial charge in [-0.25, -0.2) is 0 Å². The fourth-order valence-electron chi connectivity index (χ4n) is 3.11. The molecule has 1 saturated heterocycles. The molecular weight excluding hydrogens is 318 g/mol. The van der Waals surface area contributed by atoms with Crippen LogP contribution in [0.4, 0.5) is 0 Å². The fourth-order valence-corrected chi connectivity index (χ4v) is 4.21. The van der Waals surface area contributed by atoms with E-state index in [0.29, 0.717) is 6.04 Å². The van der Waals surface area contributed by atoms with Crippen molar-refractivity contribution in [3.05, 3.63) is 51.5 Å². The molecule has 5 heteroatoms. The highest BCUT2D eigenvalue weighted by atomic mass is 32.1. The lowest BCUT2D eigenvalue weighted by molar-refractivity contribution is 0.0747. The molecule has 0 aliphatic carbocycles. The molecular formula is C19H25N3OS. The van der Waals surface area contributed by atoms with E-state index >= 15 is 0 Å². The van der Waals surface area contributed by atoms with Crippen LogP contribution in [0.1, 0.15) is 51.6 Å². The third kappa shape index (κ3) is 3.68. The molecule has 1 fully saturated rings. The van der Waals surface area contributed by atoms with Crippen molar-refractivity contribution in [2.45, 2.75) is 45.2 Å². The lowest BCUT2D eigenvalue weighted by atomic mass is 10.1. The summed E-state index contributed by atoms with van der Waals surface area (Å²) in [6, 6.07) is 8.62. The van der Waals surface area contributed by atoms with Gasteiger partial charge in [0.1, 0.15) is 0 Å². The summed E-state index contributed by atoms with van der Waals surface area (Å²) < 4.78 is 0. The first-order valence-electron chi connectivity index (χ1n) is 8.57. The lowest BCUT2D eigenvalue weighted by Gasteiger charge is -2.24. The highest BCUT2D eigenvalue weighted by molar-refractivity contribution is 7.14. The summed E-state index contributed by atoms with van der Waals surface area (Å²) in [5.74, 6) is 0.102. The van der Waals surface area contributed by atoms with Gasteiger partial charge in [0.25, 0.3) is 5.91 Å². The van der Waals surface area contributed by atoms with Crippen molar-refractivity contribution in [2.75, 3.05) is 13.6 Å². The third-order valence-corrected chi connectivity index (χ3v) is 6.02. The Morgan fingerprint density at radius 1 is 1.46 bits per heavy atom. The highest BCUT2D eigenvalue weighted by Gasteiger charge is 2.23. The molecule has 2 aromatic rings. The number of nitrogens with zero attached hydrogens (tertiary/aromatic N) is 2. The molecule has 24 heavy (non-hydrogen) atoms. The van der Waals surface area contributed by atoms with E-state index < -0.39 is 0 Å². The number of nitrogens with one attached hydrogen (secondary N) is 1. The number of amides is 1. The number of carbonyl (C=O) groups excluding carboxylic acids is 1. The van der Waals surface area contributed by atoms with E-state index in [1.165, 1.54) is 23.3 Å². The van der Waals surface area contributed by atoms with Gasteiger partial charge in [-0.3, -0.25) is 9.78 Å². The second-order valence-corrected chi connectivity index (χ2v) is 7.70. The van der Waals surface area contributed by atoms with Gasteiger partial charge in [0.15, 0.2) is 0 Å². The van der Waals surface area contributed by atoms with Crippen LogP contribution < -0.4 is 5.32 Å². The van der Waals surface area contributed by atoms with Gasteiger partial charge < -0.3 is 10.2 Å². The predicted octanol–water partition coefficient (Wildman–Crippen LogP) is 3.58. The molecule has 3 rings (SSSR count). The molecule has 0 bridgehead atoms. The fraction of sp³-hybridized carbons (Fsp3) is 0.474. The Bertz CT molecular complexity index is 706. The Labute approximate surface area is 147 Å². The summed E-state index contributed by atoms with van der Waals surface area (Å²) in [4.78, 5) is 21.2. The predicted molar refractivity (Wildman–Crippen MR) is 98.5 cm³/mol. The molecule has 128 valence electrons. The quantitative estimate of drug-likeness (QED) is 0.902. The molecule has 1 N–H and O–H groups in total. The molecule has 0 spiro atoms. The third-order valence-electron chi connectivity index (χ3n) is 4.83. The van der Waals surface area contributed by atoms with Crippen molar-refractivity contribution < 1.29 is 4.79 Å². The van der Waals surface area contributed by atoms with Crippen LogP contribution >= 0.6 is 11.3 Å². The number of hydrogen-bond acceptors (Lipinski definition) is 4. The Kier molecular flexibility index (Phi) is 5.31. The van der Waals surface area contributed by atoms with E-state index in [4.69, 9.17) is 0 Å². The maximum atomic E-state index is 12.8. The zero-order valence-corrected chi connectivity index (χ0v) is 15.4. The number of aryl methyl sites for hydroxylation is 1. The number of carbonyl (C=O) groups is 1. The van der Waals surface area contributed by atoms with Crippen LogP contribution in [0.2, 0.25) is 0 Å². The summed E-state index contributed by atoms with van der Waals surface area (Å²) in [6.45, 7) is 5.22. The number of likely N-dealkylation sites (N-methyl/N-ethyl adjacent to an activating group) is 1. The second-order valence-electron chi connectivity index (χ2n) is 6.59. The minimum atomic E-state index is 0.102. The first-order chi connectivity index (χ1) is 11.6. The van der Waals surface area contributed by atoms with Crippen LogP contribution in [0, 0.1) is 6.92 Å². The number of pyridine rings is 1. The summed E-state index contributed by atoms with van der Waals surface area (Å²) in [5, 5.41) is 3.49. The minimum Gasteiger partial charge on any atom is -0.338 e. The van der Waals surface area contributed by atoms with Crippen LogP contribution in [-0.2, 0) is 6.42 Å². The summed E-state index contributed by atoms with van der Waals surface area (Å²) in [6.07, 6.45) is 4.97. The Morgan fingerprint density at radius 3 is 3.00 bits per heavy atom. The molecule has 0 saturated carbocycles. The van der Waals surface area contributed by atoms with Crippen molar-refractivity contribution in [1.29, 1.82) is 0 Å². The first kappa shape index (κ1) is 17.1. The number of rotatable bonds is 5. The van der Waals surface area contributed by atoms with E-state index in [9.17, 15) is 4.79 Å². The van der Waals surface area contributed by atoms with Gasteiger partial charge in [-0.1, -0.05) is 6.07 Å². The second kappa shape index (κ2) is 7.45. The van der Waals surface area contributed by atoms with Gasteiger partial charge >= 0.3 is 0 Å². The standard InChI is InChI=1S/C19H25N3OS/c1-13-6-4-10-21-16(13)12-14(2)22(3)19(23)18-9-8-17(24-18)15-7-5-11-20-15/h4,6,8-10,14-15,20H,5,7,11-12H2,1-3H3/t14-,15-/m1/s1. The molecule has 0 radical (unpaired) electrons. The van der Waals surface area contributed by atoms with Crippen molar-refractivity contribution in [3.8, 4) is 0 Å². The minimum absolute atomic E-state index is 0.102. The maximum Gasteiger partial charge on any atom is 0.263 e. The lowest BCUT2D eigenvalue weighted by Crippen LogP contribution is -2.36. The smallest absolute Gasteiger partial charge is 0.263 e. The topological polar surface area (TPSA) is 45.2 Å². The summed E-state index contributed by atoms with van der Waals surface area (Å²) in [7, 11) is 1.89. The molecule has 1 aliphatic rings. The van der Waals surface area contributed by atoms with Crippen LogP contribution in [0.25, 0.3) is 0 Å². The van der Waals surface area contributed by atoms with Crippen molar-refractivity contribution in [3.63, 3.8) is 0 Å². The van der Waals surface area contributed by atoms with Gasteiger partial charge in [0, 0.05) is 42.3 Å². The first-order valence-corrected chi connectivity index (χ1v) is 9.38. The normalized spacial score (nSPS) is 18.5. The zero-order valence-electron chi connectivity index (χ0n) is 14.6. The molecule has 4 nitrogen and oxygen atoms in total. The van der Waals surface area contributed by atoms with Crippen LogP contribution in [-0.4, -0.2) is 35.4 Å². The average molecular weight is 343 g/mol. The van der Waals surface area contributed by atoms with Crippen molar-refractivity contribution in [1.82, 2.24) is 15.2 Å². The average Bonchev–Trinajstić information content (AvgIpc) is 3.26. The molecule has 2 atom stereocenters. The van der Waals surface area contributed by atoms with Gasteiger partial charge in [-0.05, 0) is 57.0 Å². The Balaban J connectivity index is 1.66. The van der Waals surface area contributed by atoms with E-state index in [1.807, 2.05) is 30.3 Å². The Morgan fingerprint density at radius 2 is 2.29 bits per heavy atom. The van der Waals surface area contributed by atoms with E-state index in [1.54, 1.807) is 11.3 Å². The van der Waals surface area contributed by atoms with E-state index in [0.717, 1.165) is 23.5 Å². The number of thiophene rings is 1. The van der Waals surface area contributed by atoms with Crippen molar-refractivity contribution >= 4 is 17.2 Å². The molecule has 2 aromatic heterocycles. The van der Waals surface area contributed by atoms with Gasteiger partial charge in [0.2, 0.25) is 0 Å². The van der Waals surface area contributed by atoms with Gasteiger partial charge in [-0.15, -0.1) is 11.3 Å². The molecule has 0 aromatic carbocycles. The van der Waals surface area contributed by atoms with Gasteiger partial charge in [0.05, 0.1) is 4.88 Å². The van der Waals surface area contributed by atoms with Crippen LogP contribution in [0.5, 0.6) is 0 Å². The molecule has 3 heterocycles. The summed E-state index contributed by atoms with van der Waals surface area (Å²) in [5.41, 5.74) is 2.24. The van der Waals surface area contributed by atoms with Crippen LogP contribution in [0.15, 0.2) is 30.5 Å². The van der Waals surface area contributed by atoms with Gasteiger partial charge in [-0.2, -0.15) is 0 Å². The Hall–Kier alpha value is -1.72. The van der Waals surface area contributed by atoms with E-state index in [2.05, 4.69) is 36.3 Å². The highest BCUT2D eigenvalue weighted by Crippen LogP contribution is 2.30. The zero-order chi connectivity index (χ0) is 17.1. The molecule has 1 aliphatic heterocycles. The summed E-state index contributed by atoms with van der Waals surface area (Å²) >= 11 is 1.62.